The number of nitrogens with one attached hydrogen (secondary N) is 1. The molecule has 0 unspecified atom stereocenters. The van der Waals surface area contributed by atoms with Crippen LogP contribution in [0.5, 0.6) is 0 Å². The molecule has 0 radical (unpaired) electrons. The maximum atomic E-state index is 8.80. The van der Waals surface area contributed by atoms with Gasteiger partial charge in [-0.1, -0.05) is 18.2 Å². The monoisotopic (exact) mass is 320 g/mol. The molecular weight excluding hydrogens is 304 g/mol. The fraction of sp³-hybridized carbons (Fsp3) is 0.222. The summed E-state index contributed by atoms with van der Waals surface area (Å²) in [4.78, 5) is 1.21. The van der Waals surface area contributed by atoms with Crippen LogP contribution in [0.25, 0.3) is 16.3 Å². The summed E-state index contributed by atoms with van der Waals surface area (Å²) in [5.41, 5.74) is 5.79. The van der Waals surface area contributed by atoms with Crippen molar-refractivity contribution in [2.75, 3.05) is 6.54 Å². The molecule has 3 heterocycles. The minimum atomic E-state index is 0.446. The number of nitrogens with zero attached hydrogens (tertiary/aromatic N) is 3. The van der Waals surface area contributed by atoms with Gasteiger partial charge in [-0.2, -0.15) is 10.4 Å². The maximum absolute atomic E-state index is 8.80. The van der Waals surface area contributed by atoms with E-state index in [1.807, 2.05) is 12.1 Å². The van der Waals surface area contributed by atoms with Crippen LogP contribution in [0.1, 0.15) is 16.8 Å². The second-order valence-corrected chi connectivity index (χ2v) is 6.54. The van der Waals surface area contributed by atoms with E-state index in [0.29, 0.717) is 6.42 Å². The Morgan fingerprint density at radius 2 is 2.13 bits per heavy atom. The molecule has 5 heteroatoms. The first-order valence-corrected chi connectivity index (χ1v) is 8.56. The second kappa shape index (κ2) is 5.99. The summed E-state index contributed by atoms with van der Waals surface area (Å²) in [5.74, 6) is 0. The molecule has 0 bridgehead atoms. The summed E-state index contributed by atoms with van der Waals surface area (Å²) in [6.45, 7) is 1.85. The van der Waals surface area contributed by atoms with E-state index in [9.17, 15) is 0 Å². The zero-order valence-corrected chi connectivity index (χ0v) is 13.4. The molecule has 0 saturated heterocycles. The fourth-order valence-corrected chi connectivity index (χ4v) is 3.76. The van der Waals surface area contributed by atoms with Gasteiger partial charge < -0.3 is 5.32 Å². The Bertz CT molecular complexity index is 854. The Balaban J connectivity index is 1.81. The highest BCUT2D eigenvalue weighted by Gasteiger charge is 2.22. The molecule has 1 aromatic carbocycles. The smallest absolute Gasteiger partial charge is 0.107 e. The van der Waals surface area contributed by atoms with Crippen LogP contribution < -0.4 is 5.32 Å². The van der Waals surface area contributed by atoms with Gasteiger partial charge in [-0.15, -0.1) is 11.3 Å². The van der Waals surface area contributed by atoms with Gasteiger partial charge in [0.1, 0.15) is 5.69 Å². The van der Waals surface area contributed by atoms with Gasteiger partial charge in [0, 0.05) is 25.1 Å². The van der Waals surface area contributed by atoms with Gasteiger partial charge in [0.15, 0.2) is 0 Å². The van der Waals surface area contributed by atoms with Crippen molar-refractivity contribution in [2.45, 2.75) is 19.4 Å². The van der Waals surface area contributed by atoms with Gasteiger partial charge in [0.25, 0.3) is 0 Å². The fourth-order valence-electron chi connectivity index (χ4n) is 3.02. The van der Waals surface area contributed by atoms with Crippen LogP contribution >= 0.6 is 11.3 Å². The molecule has 0 fully saturated rings. The number of rotatable bonds is 3. The molecule has 3 aromatic rings. The van der Waals surface area contributed by atoms with E-state index in [2.05, 4.69) is 45.7 Å². The third-order valence-corrected chi connectivity index (χ3v) is 5.03. The van der Waals surface area contributed by atoms with E-state index < -0.39 is 0 Å². The highest BCUT2D eigenvalue weighted by Crippen LogP contribution is 2.32. The molecule has 114 valence electrons. The molecular formula is C18H16N4S. The molecule has 0 atom stereocenters. The largest absolute Gasteiger partial charge is 0.312 e. The van der Waals surface area contributed by atoms with E-state index >= 15 is 0 Å². The lowest BCUT2D eigenvalue weighted by Gasteiger charge is -2.15. The van der Waals surface area contributed by atoms with Gasteiger partial charge in [0.2, 0.25) is 0 Å². The molecule has 1 aliphatic rings. The highest BCUT2D eigenvalue weighted by atomic mass is 32.1. The number of hydrogen-bond donors (Lipinski definition) is 1. The van der Waals surface area contributed by atoms with Crippen LogP contribution in [0.15, 0.2) is 41.8 Å². The summed E-state index contributed by atoms with van der Waals surface area (Å²) in [6.07, 6.45) is 1.43. The Labute approximate surface area is 139 Å². The highest BCUT2D eigenvalue weighted by molar-refractivity contribution is 7.13. The van der Waals surface area contributed by atoms with E-state index in [1.54, 1.807) is 11.3 Å². The zero-order chi connectivity index (χ0) is 15.6. The predicted molar refractivity (Wildman–Crippen MR) is 91.6 cm³/mol. The Morgan fingerprint density at radius 3 is 2.87 bits per heavy atom. The van der Waals surface area contributed by atoms with Gasteiger partial charge in [-0.25, -0.2) is 4.68 Å². The van der Waals surface area contributed by atoms with E-state index in [-0.39, 0.29) is 0 Å². The molecule has 1 aliphatic heterocycles. The first-order valence-electron chi connectivity index (χ1n) is 7.68. The number of fused-ring (bicyclic) bond motifs is 1. The first kappa shape index (κ1) is 14.2. The van der Waals surface area contributed by atoms with Gasteiger partial charge in [-0.05, 0) is 29.1 Å². The SMILES string of the molecule is N#CCc1ccc(-n2nc(-c3cccs3)c3c2CCNC3)cc1. The van der Waals surface area contributed by atoms with E-state index in [1.165, 1.54) is 16.1 Å². The zero-order valence-electron chi connectivity index (χ0n) is 12.6. The first-order chi connectivity index (χ1) is 11.4. The molecule has 2 aromatic heterocycles. The topological polar surface area (TPSA) is 53.6 Å². The minimum Gasteiger partial charge on any atom is -0.312 e. The molecule has 0 amide bonds. The van der Waals surface area contributed by atoms with Crippen LogP contribution in [0.3, 0.4) is 0 Å². The van der Waals surface area contributed by atoms with Crippen molar-refractivity contribution in [2.24, 2.45) is 0 Å². The average Bonchev–Trinajstić information content (AvgIpc) is 3.23. The molecule has 4 rings (SSSR count). The van der Waals surface area contributed by atoms with E-state index in [4.69, 9.17) is 10.4 Å². The lowest BCUT2D eigenvalue weighted by atomic mass is 10.1. The molecule has 1 N–H and O–H groups in total. The second-order valence-electron chi connectivity index (χ2n) is 5.59. The molecule has 0 saturated carbocycles. The molecule has 0 spiro atoms. The van der Waals surface area contributed by atoms with Crippen LogP contribution in [-0.4, -0.2) is 16.3 Å². The standard InChI is InChI=1S/C18H16N4S/c19-9-7-13-3-5-14(6-4-13)22-16-8-10-20-12-15(16)18(21-22)17-2-1-11-23-17/h1-6,11,20H,7-8,10,12H2. The van der Waals surface area contributed by atoms with Crippen LogP contribution in [0, 0.1) is 11.3 Å². The Kier molecular flexibility index (Phi) is 3.70. The molecule has 0 aliphatic carbocycles. The summed E-state index contributed by atoms with van der Waals surface area (Å²) in [6, 6.07) is 14.5. The summed E-state index contributed by atoms with van der Waals surface area (Å²) >= 11 is 1.73. The maximum Gasteiger partial charge on any atom is 0.107 e. The van der Waals surface area contributed by atoms with E-state index in [0.717, 1.165) is 36.5 Å². The third kappa shape index (κ3) is 2.56. The quantitative estimate of drug-likeness (QED) is 0.805. The van der Waals surface area contributed by atoms with Crippen molar-refractivity contribution in [1.82, 2.24) is 15.1 Å². The lowest BCUT2D eigenvalue weighted by Crippen LogP contribution is -2.24. The van der Waals surface area contributed by atoms with Crippen molar-refractivity contribution < 1.29 is 0 Å². The predicted octanol–water partition coefficient (Wildman–Crippen LogP) is 3.31. The number of thiophene rings is 1. The number of nitriles is 1. The van der Waals surface area contributed by atoms with Gasteiger partial charge >= 0.3 is 0 Å². The van der Waals surface area contributed by atoms with Crippen molar-refractivity contribution in [3.05, 3.63) is 58.6 Å². The van der Waals surface area contributed by atoms with Crippen molar-refractivity contribution in [3.63, 3.8) is 0 Å². The minimum absolute atomic E-state index is 0.446. The average molecular weight is 320 g/mol. The number of hydrogen-bond acceptors (Lipinski definition) is 4. The van der Waals surface area contributed by atoms with Crippen molar-refractivity contribution in [1.29, 1.82) is 5.26 Å². The Hall–Kier alpha value is -2.42. The summed E-state index contributed by atoms with van der Waals surface area (Å²) < 4.78 is 2.07. The third-order valence-electron chi connectivity index (χ3n) is 4.15. The normalized spacial score (nSPS) is 13.5. The van der Waals surface area contributed by atoms with Gasteiger partial charge in [0.05, 0.1) is 28.7 Å². The van der Waals surface area contributed by atoms with Crippen LogP contribution in [0.4, 0.5) is 0 Å². The van der Waals surface area contributed by atoms with Crippen LogP contribution in [0.2, 0.25) is 0 Å². The summed E-state index contributed by atoms with van der Waals surface area (Å²) in [7, 11) is 0. The lowest BCUT2D eigenvalue weighted by molar-refractivity contribution is 0.623. The van der Waals surface area contributed by atoms with Gasteiger partial charge in [-0.3, -0.25) is 0 Å². The Morgan fingerprint density at radius 1 is 1.26 bits per heavy atom. The summed E-state index contributed by atoms with van der Waals surface area (Å²) in [5, 5.41) is 19.2. The molecule has 4 nitrogen and oxygen atoms in total. The number of aromatic nitrogens is 2. The van der Waals surface area contributed by atoms with Crippen LogP contribution in [-0.2, 0) is 19.4 Å². The number of benzene rings is 1. The van der Waals surface area contributed by atoms with Crippen molar-refractivity contribution >= 4 is 11.3 Å². The van der Waals surface area contributed by atoms with Crippen molar-refractivity contribution in [3.8, 4) is 22.3 Å². The molecule has 23 heavy (non-hydrogen) atoms.